The summed E-state index contributed by atoms with van der Waals surface area (Å²) >= 11 is 0. The number of amides is 3. The number of nitrogens with zero attached hydrogens (tertiary/aromatic N) is 3. The first kappa shape index (κ1) is 15.8. The number of imide groups is 1. The molecular formula is C15H24N4O2. The quantitative estimate of drug-likeness (QED) is 0.776. The Balaban J connectivity index is 1.98. The van der Waals surface area contributed by atoms with E-state index in [-0.39, 0.29) is 24.4 Å². The zero-order valence-electron chi connectivity index (χ0n) is 12.9. The summed E-state index contributed by atoms with van der Waals surface area (Å²) in [5, 5.41) is 11.7. The molecule has 2 aliphatic rings. The van der Waals surface area contributed by atoms with Crippen molar-refractivity contribution in [2.45, 2.75) is 45.1 Å². The van der Waals surface area contributed by atoms with Gasteiger partial charge in [-0.2, -0.15) is 5.26 Å². The number of carbonyl (C=O) groups is 2. The second-order valence-corrected chi connectivity index (χ2v) is 6.15. The standard InChI is InChI=1S/C15H24N4O2/c1-3-4-7-18-8-5-15(6-9-18)13(20)19(14(21)17-15)11-12(2)10-16/h12H,3-9,11H2,1-2H3,(H,17,21). The molecule has 1 N–H and O–H groups in total. The van der Waals surface area contributed by atoms with Crippen LogP contribution in [0.3, 0.4) is 0 Å². The number of piperidine rings is 1. The second-order valence-electron chi connectivity index (χ2n) is 6.15. The molecule has 2 fully saturated rings. The number of nitrogens with one attached hydrogen (secondary N) is 1. The molecule has 6 nitrogen and oxygen atoms in total. The summed E-state index contributed by atoms with van der Waals surface area (Å²) in [6.45, 7) is 6.81. The maximum Gasteiger partial charge on any atom is 0.325 e. The summed E-state index contributed by atoms with van der Waals surface area (Å²) in [4.78, 5) is 28.2. The molecular weight excluding hydrogens is 268 g/mol. The van der Waals surface area contributed by atoms with E-state index in [1.54, 1.807) is 6.92 Å². The summed E-state index contributed by atoms with van der Waals surface area (Å²) < 4.78 is 0. The Labute approximate surface area is 126 Å². The highest BCUT2D eigenvalue weighted by Gasteiger charge is 2.52. The maximum atomic E-state index is 12.6. The zero-order chi connectivity index (χ0) is 15.5. The molecule has 0 bridgehead atoms. The van der Waals surface area contributed by atoms with Gasteiger partial charge >= 0.3 is 6.03 Å². The number of carbonyl (C=O) groups excluding carboxylic acids is 2. The molecule has 2 rings (SSSR count). The van der Waals surface area contributed by atoms with Crippen molar-refractivity contribution in [3.63, 3.8) is 0 Å². The van der Waals surface area contributed by atoms with Crippen LogP contribution in [0.1, 0.15) is 39.5 Å². The lowest BCUT2D eigenvalue weighted by Gasteiger charge is -2.37. The Hall–Kier alpha value is -1.61. The number of hydrogen-bond donors (Lipinski definition) is 1. The smallest absolute Gasteiger partial charge is 0.323 e. The molecule has 116 valence electrons. The van der Waals surface area contributed by atoms with Gasteiger partial charge in [-0.15, -0.1) is 0 Å². The highest BCUT2D eigenvalue weighted by molar-refractivity contribution is 6.07. The van der Waals surface area contributed by atoms with E-state index >= 15 is 0 Å². The molecule has 2 aliphatic heterocycles. The van der Waals surface area contributed by atoms with E-state index in [2.05, 4.69) is 23.2 Å². The minimum atomic E-state index is -0.727. The van der Waals surface area contributed by atoms with Gasteiger partial charge in [0.1, 0.15) is 5.54 Å². The van der Waals surface area contributed by atoms with Gasteiger partial charge in [-0.05, 0) is 32.7 Å². The molecule has 2 heterocycles. The second kappa shape index (κ2) is 6.44. The van der Waals surface area contributed by atoms with Gasteiger partial charge in [0.05, 0.1) is 12.0 Å². The van der Waals surface area contributed by atoms with Crippen molar-refractivity contribution in [1.82, 2.24) is 15.1 Å². The van der Waals surface area contributed by atoms with Crippen molar-refractivity contribution < 1.29 is 9.59 Å². The van der Waals surface area contributed by atoms with E-state index in [9.17, 15) is 9.59 Å². The van der Waals surface area contributed by atoms with Crippen LogP contribution in [0.25, 0.3) is 0 Å². The minimum absolute atomic E-state index is 0.148. The Kier molecular flexibility index (Phi) is 4.84. The molecule has 1 atom stereocenters. The Morgan fingerprint density at radius 3 is 2.62 bits per heavy atom. The first-order chi connectivity index (χ1) is 10.0. The molecule has 0 aliphatic carbocycles. The Morgan fingerprint density at radius 1 is 1.38 bits per heavy atom. The van der Waals surface area contributed by atoms with Crippen molar-refractivity contribution in [3.8, 4) is 6.07 Å². The lowest BCUT2D eigenvalue weighted by atomic mass is 9.87. The maximum absolute atomic E-state index is 12.6. The molecule has 21 heavy (non-hydrogen) atoms. The average Bonchev–Trinajstić information content (AvgIpc) is 2.71. The van der Waals surface area contributed by atoms with E-state index in [4.69, 9.17) is 5.26 Å². The average molecular weight is 292 g/mol. The fraction of sp³-hybridized carbons (Fsp3) is 0.800. The van der Waals surface area contributed by atoms with E-state index in [0.717, 1.165) is 26.1 Å². The third kappa shape index (κ3) is 3.18. The Morgan fingerprint density at radius 2 is 2.05 bits per heavy atom. The van der Waals surface area contributed by atoms with Crippen LogP contribution in [0.5, 0.6) is 0 Å². The number of unbranched alkanes of at least 4 members (excludes halogenated alkanes) is 1. The van der Waals surface area contributed by atoms with Crippen molar-refractivity contribution in [1.29, 1.82) is 5.26 Å². The third-order valence-electron chi connectivity index (χ3n) is 4.46. The first-order valence-electron chi connectivity index (χ1n) is 7.78. The largest absolute Gasteiger partial charge is 0.325 e. The summed E-state index contributed by atoms with van der Waals surface area (Å²) in [5.74, 6) is -0.482. The highest BCUT2D eigenvalue weighted by atomic mass is 16.2. The molecule has 2 saturated heterocycles. The SMILES string of the molecule is CCCCN1CCC2(CC1)NC(=O)N(CC(C)C#N)C2=O. The molecule has 0 saturated carbocycles. The van der Waals surface area contributed by atoms with Gasteiger partial charge in [0.2, 0.25) is 0 Å². The van der Waals surface area contributed by atoms with Crippen molar-refractivity contribution in [2.75, 3.05) is 26.2 Å². The van der Waals surface area contributed by atoms with E-state index in [1.807, 2.05) is 0 Å². The lowest BCUT2D eigenvalue weighted by Crippen LogP contribution is -2.55. The van der Waals surface area contributed by atoms with Crippen LogP contribution < -0.4 is 5.32 Å². The van der Waals surface area contributed by atoms with E-state index in [1.165, 1.54) is 11.3 Å². The van der Waals surface area contributed by atoms with Crippen LogP contribution in [0.15, 0.2) is 0 Å². The topological polar surface area (TPSA) is 76.4 Å². The molecule has 0 radical (unpaired) electrons. The van der Waals surface area contributed by atoms with Gasteiger partial charge in [0, 0.05) is 19.6 Å². The van der Waals surface area contributed by atoms with Crippen LogP contribution in [0.2, 0.25) is 0 Å². The molecule has 1 unspecified atom stereocenters. The number of hydrogen-bond acceptors (Lipinski definition) is 4. The summed E-state index contributed by atoms with van der Waals surface area (Å²) in [6.07, 6.45) is 3.66. The number of urea groups is 1. The van der Waals surface area contributed by atoms with Crippen molar-refractivity contribution in [2.24, 2.45) is 5.92 Å². The number of likely N-dealkylation sites (tertiary alicyclic amines) is 1. The van der Waals surface area contributed by atoms with Gasteiger partial charge in [-0.3, -0.25) is 9.69 Å². The molecule has 3 amide bonds. The predicted octanol–water partition coefficient (Wildman–Crippen LogP) is 1.33. The fourth-order valence-corrected chi connectivity index (χ4v) is 3.04. The Bertz CT molecular complexity index is 449. The van der Waals surface area contributed by atoms with Gasteiger partial charge < -0.3 is 10.2 Å². The minimum Gasteiger partial charge on any atom is -0.323 e. The van der Waals surface area contributed by atoms with Crippen LogP contribution >= 0.6 is 0 Å². The molecule has 0 aromatic carbocycles. The van der Waals surface area contributed by atoms with Crippen LogP contribution in [-0.2, 0) is 4.79 Å². The van der Waals surface area contributed by atoms with Crippen LogP contribution in [0, 0.1) is 17.2 Å². The van der Waals surface area contributed by atoms with Crippen molar-refractivity contribution in [3.05, 3.63) is 0 Å². The third-order valence-corrected chi connectivity index (χ3v) is 4.46. The zero-order valence-corrected chi connectivity index (χ0v) is 12.9. The summed E-state index contributed by atoms with van der Waals surface area (Å²) in [6, 6.07) is 1.73. The van der Waals surface area contributed by atoms with Crippen LogP contribution in [-0.4, -0.2) is 53.5 Å². The fourth-order valence-electron chi connectivity index (χ4n) is 3.04. The normalized spacial score (nSPS) is 23.2. The number of nitriles is 1. The molecule has 0 aromatic heterocycles. The molecule has 6 heteroatoms. The predicted molar refractivity (Wildman–Crippen MR) is 78.3 cm³/mol. The van der Waals surface area contributed by atoms with E-state index < -0.39 is 5.54 Å². The summed E-state index contributed by atoms with van der Waals surface area (Å²) in [5.41, 5.74) is -0.727. The van der Waals surface area contributed by atoms with E-state index in [0.29, 0.717) is 12.8 Å². The monoisotopic (exact) mass is 292 g/mol. The molecule has 0 aromatic rings. The van der Waals surface area contributed by atoms with Gasteiger partial charge in [-0.1, -0.05) is 13.3 Å². The number of rotatable bonds is 5. The first-order valence-corrected chi connectivity index (χ1v) is 7.78. The van der Waals surface area contributed by atoms with Gasteiger partial charge in [-0.25, -0.2) is 4.79 Å². The van der Waals surface area contributed by atoms with Gasteiger partial charge in [0.25, 0.3) is 5.91 Å². The summed E-state index contributed by atoms with van der Waals surface area (Å²) in [7, 11) is 0. The van der Waals surface area contributed by atoms with Crippen LogP contribution in [0.4, 0.5) is 4.79 Å². The van der Waals surface area contributed by atoms with Crippen molar-refractivity contribution >= 4 is 11.9 Å². The lowest BCUT2D eigenvalue weighted by molar-refractivity contribution is -0.133. The van der Waals surface area contributed by atoms with Gasteiger partial charge in [0.15, 0.2) is 0 Å². The highest BCUT2D eigenvalue weighted by Crippen LogP contribution is 2.30. The molecule has 1 spiro atoms.